The standard InChI is InChI=1S/C16H10F3N5O/c17-16(18,19)15-22-13(23-25-15)11-5-3-10(4-6-11)9-24-14-12(8-21-24)2-1-7-20-14/h1-8H,9H2. The van der Waals surface area contributed by atoms with Gasteiger partial charge in [0.15, 0.2) is 5.65 Å². The third kappa shape index (κ3) is 2.95. The maximum Gasteiger partial charge on any atom is 0.471 e. The summed E-state index contributed by atoms with van der Waals surface area (Å²) >= 11 is 0. The van der Waals surface area contributed by atoms with E-state index in [2.05, 4.69) is 24.7 Å². The van der Waals surface area contributed by atoms with Gasteiger partial charge in [-0.05, 0) is 17.7 Å². The van der Waals surface area contributed by atoms with Crippen LogP contribution in [0, 0.1) is 0 Å². The fraction of sp³-hybridized carbons (Fsp3) is 0.125. The SMILES string of the molecule is FC(F)(F)c1nc(-c2ccc(Cn3ncc4cccnc43)cc2)no1. The predicted molar refractivity (Wildman–Crippen MR) is 81.4 cm³/mol. The Labute approximate surface area is 138 Å². The third-order valence-electron chi connectivity index (χ3n) is 3.61. The van der Waals surface area contributed by atoms with Crippen LogP contribution in [0.1, 0.15) is 11.5 Å². The average Bonchev–Trinajstić information content (AvgIpc) is 3.23. The van der Waals surface area contributed by atoms with E-state index < -0.39 is 12.1 Å². The monoisotopic (exact) mass is 345 g/mol. The summed E-state index contributed by atoms with van der Waals surface area (Å²) in [6.07, 6.45) is -1.23. The molecular formula is C16H10F3N5O. The molecule has 0 amide bonds. The zero-order valence-corrected chi connectivity index (χ0v) is 12.6. The van der Waals surface area contributed by atoms with Gasteiger partial charge in [-0.15, -0.1) is 0 Å². The molecule has 0 atom stereocenters. The Balaban J connectivity index is 1.57. The van der Waals surface area contributed by atoms with E-state index in [9.17, 15) is 13.2 Å². The summed E-state index contributed by atoms with van der Waals surface area (Å²) in [7, 11) is 0. The number of pyridine rings is 1. The maximum absolute atomic E-state index is 12.5. The van der Waals surface area contributed by atoms with Gasteiger partial charge < -0.3 is 4.52 Å². The predicted octanol–water partition coefficient (Wildman–Crippen LogP) is 3.55. The van der Waals surface area contributed by atoms with Crippen LogP contribution >= 0.6 is 0 Å². The van der Waals surface area contributed by atoms with Crippen LogP contribution in [-0.2, 0) is 12.7 Å². The van der Waals surface area contributed by atoms with Crippen molar-refractivity contribution in [3.63, 3.8) is 0 Å². The van der Waals surface area contributed by atoms with Crippen LogP contribution < -0.4 is 0 Å². The van der Waals surface area contributed by atoms with Gasteiger partial charge >= 0.3 is 12.1 Å². The van der Waals surface area contributed by atoms with Crippen molar-refractivity contribution in [2.45, 2.75) is 12.7 Å². The van der Waals surface area contributed by atoms with E-state index in [1.54, 1.807) is 41.3 Å². The highest BCUT2D eigenvalue weighted by Crippen LogP contribution is 2.29. The second-order valence-corrected chi connectivity index (χ2v) is 5.34. The van der Waals surface area contributed by atoms with Crippen LogP contribution in [0.15, 0.2) is 53.3 Å². The van der Waals surface area contributed by atoms with Crippen molar-refractivity contribution < 1.29 is 17.7 Å². The van der Waals surface area contributed by atoms with Gasteiger partial charge in [0, 0.05) is 17.1 Å². The van der Waals surface area contributed by atoms with Crippen molar-refractivity contribution in [1.29, 1.82) is 0 Å². The third-order valence-corrected chi connectivity index (χ3v) is 3.61. The second-order valence-electron chi connectivity index (χ2n) is 5.34. The van der Waals surface area contributed by atoms with E-state index >= 15 is 0 Å². The van der Waals surface area contributed by atoms with Crippen molar-refractivity contribution in [1.82, 2.24) is 24.9 Å². The summed E-state index contributed by atoms with van der Waals surface area (Å²) in [5.41, 5.74) is 2.12. The number of halogens is 3. The normalized spacial score (nSPS) is 12.0. The lowest BCUT2D eigenvalue weighted by Crippen LogP contribution is -2.04. The van der Waals surface area contributed by atoms with Gasteiger partial charge in [-0.25, -0.2) is 9.67 Å². The molecule has 0 bridgehead atoms. The molecule has 0 saturated carbocycles. The molecule has 0 aliphatic heterocycles. The second kappa shape index (κ2) is 5.69. The Morgan fingerprint density at radius 1 is 1.08 bits per heavy atom. The Morgan fingerprint density at radius 3 is 2.60 bits per heavy atom. The first-order valence-electron chi connectivity index (χ1n) is 7.27. The summed E-state index contributed by atoms with van der Waals surface area (Å²) in [6, 6.07) is 10.6. The molecule has 0 unspecified atom stereocenters. The Kier molecular flexibility index (Phi) is 3.48. The fourth-order valence-corrected chi connectivity index (χ4v) is 2.42. The number of rotatable bonds is 3. The molecule has 3 aromatic heterocycles. The number of benzene rings is 1. The Hall–Kier alpha value is -3.23. The number of alkyl halides is 3. The smallest absolute Gasteiger partial charge is 0.329 e. The van der Waals surface area contributed by atoms with Crippen LogP contribution in [0.5, 0.6) is 0 Å². The minimum atomic E-state index is -4.65. The lowest BCUT2D eigenvalue weighted by atomic mass is 10.1. The van der Waals surface area contributed by atoms with Crippen LogP contribution in [-0.4, -0.2) is 24.9 Å². The molecular weight excluding hydrogens is 335 g/mol. The van der Waals surface area contributed by atoms with Crippen LogP contribution in [0.4, 0.5) is 13.2 Å². The minimum Gasteiger partial charge on any atom is -0.329 e. The first-order chi connectivity index (χ1) is 12.0. The molecule has 3 heterocycles. The molecule has 0 aliphatic carbocycles. The molecule has 4 rings (SSSR count). The zero-order valence-electron chi connectivity index (χ0n) is 12.6. The van der Waals surface area contributed by atoms with Gasteiger partial charge in [0.1, 0.15) is 0 Å². The van der Waals surface area contributed by atoms with Crippen LogP contribution in [0.25, 0.3) is 22.4 Å². The van der Waals surface area contributed by atoms with Crippen molar-refractivity contribution in [3.05, 3.63) is 60.2 Å². The molecule has 4 aromatic rings. The molecule has 126 valence electrons. The molecule has 0 fully saturated rings. The van der Waals surface area contributed by atoms with E-state index in [0.29, 0.717) is 12.1 Å². The Bertz CT molecular complexity index is 1020. The van der Waals surface area contributed by atoms with Gasteiger partial charge in [-0.2, -0.15) is 23.3 Å². The van der Waals surface area contributed by atoms with Gasteiger partial charge in [0.05, 0.1) is 12.7 Å². The summed E-state index contributed by atoms with van der Waals surface area (Å²) in [6.45, 7) is 0.487. The summed E-state index contributed by atoms with van der Waals surface area (Å²) in [5, 5.41) is 8.59. The molecule has 0 radical (unpaired) electrons. The number of hydrogen-bond donors (Lipinski definition) is 0. The number of fused-ring (bicyclic) bond motifs is 1. The first-order valence-corrected chi connectivity index (χ1v) is 7.27. The van der Waals surface area contributed by atoms with Gasteiger partial charge in [-0.1, -0.05) is 29.4 Å². The Morgan fingerprint density at radius 2 is 1.88 bits per heavy atom. The summed E-state index contributed by atoms with van der Waals surface area (Å²) in [5.74, 6) is -1.47. The highest BCUT2D eigenvalue weighted by Gasteiger charge is 2.38. The lowest BCUT2D eigenvalue weighted by Gasteiger charge is -2.04. The average molecular weight is 345 g/mol. The topological polar surface area (TPSA) is 69.6 Å². The van der Waals surface area contributed by atoms with Crippen LogP contribution in [0.3, 0.4) is 0 Å². The highest BCUT2D eigenvalue weighted by atomic mass is 19.4. The quantitative estimate of drug-likeness (QED) is 0.568. The van der Waals surface area contributed by atoms with Crippen molar-refractivity contribution in [2.24, 2.45) is 0 Å². The molecule has 0 spiro atoms. The number of hydrogen-bond acceptors (Lipinski definition) is 5. The van der Waals surface area contributed by atoms with E-state index in [0.717, 1.165) is 16.6 Å². The molecule has 0 N–H and O–H groups in total. The van der Waals surface area contributed by atoms with Gasteiger partial charge in [0.2, 0.25) is 5.82 Å². The molecule has 9 heteroatoms. The van der Waals surface area contributed by atoms with E-state index in [1.807, 2.05) is 12.1 Å². The summed E-state index contributed by atoms with van der Waals surface area (Å²) < 4.78 is 43.5. The number of aromatic nitrogens is 5. The molecule has 1 aromatic carbocycles. The first kappa shape index (κ1) is 15.3. The molecule has 6 nitrogen and oxygen atoms in total. The van der Waals surface area contributed by atoms with Crippen molar-refractivity contribution in [3.8, 4) is 11.4 Å². The number of nitrogens with zero attached hydrogens (tertiary/aromatic N) is 5. The van der Waals surface area contributed by atoms with E-state index in [4.69, 9.17) is 0 Å². The lowest BCUT2D eigenvalue weighted by molar-refractivity contribution is -0.159. The zero-order chi connectivity index (χ0) is 17.4. The van der Waals surface area contributed by atoms with Gasteiger partial charge in [0.25, 0.3) is 0 Å². The van der Waals surface area contributed by atoms with Gasteiger partial charge in [-0.3, -0.25) is 0 Å². The summed E-state index contributed by atoms with van der Waals surface area (Å²) in [4.78, 5) is 7.66. The van der Waals surface area contributed by atoms with Crippen molar-refractivity contribution in [2.75, 3.05) is 0 Å². The molecule has 0 aliphatic rings. The minimum absolute atomic E-state index is 0.106. The maximum atomic E-state index is 12.5. The van der Waals surface area contributed by atoms with Crippen molar-refractivity contribution >= 4 is 11.0 Å². The van der Waals surface area contributed by atoms with Crippen LogP contribution in [0.2, 0.25) is 0 Å². The fourth-order valence-electron chi connectivity index (χ4n) is 2.42. The molecule has 0 saturated heterocycles. The van der Waals surface area contributed by atoms with E-state index in [-0.39, 0.29) is 5.82 Å². The highest BCUT2D eigenvalue weighted by molar-refractivity contribution is 5.74. The molecule has 25 heavy (non-hydrogen) atoms. The largest absolute Gasteiger partial charge is 0.471 e. The van der Waals surface area contributed by atoms with E-state index in [1.165, 1.54) is 0 Å².